The van der Waals surface area contributed by atoms with Crippen LogP contribution in [-0.4, -0.2) is 74.5 Å². The first-order chi connectivity index (χ1) is 16.0. The highest BCUT2D eigenvalue weighted by Crippen LogP contribution is 2.37. The number of benzene rings is 1. The minimum absolute atomic E-state index is 0.0267. The van der Waals surface area contributed by atoms with Crippen molar-refractivity contribution >= 4 is 29.8 Å². The zero-order chi connectivity index (χ0) is 24.0. The number of likely N-dealkylation sites (N-methyl/N-ethyl adjacent to an activating group) is 1. The number of carbonyl (C=O) groups excluding carboxylic acids is 1. The molecule has 0 spiro atoms. The Morgan fingerprint density at radius 2 is 2.06 bits per heavy atom. The van der Waals surface area contributed by atoms with Gasteiger partial charge in [-0.05, 0) is 31.3 Å². The highest BCUT2D eigenvalue weighted by molar-refractivity contribution is 5.86. The van der Waals surface area contributed by atoms with E-state index in [1.165, 1.54) is 12.1 Å². The Morgan fingerprint density at radius 3 is 2.79 bits per heavy atom. The third-order valence-electron chi connectivity index (χ3n) is 5.75. The van der Waals surface area contributed by atoms with Crippen molar-refractivity contribution in [2.24, 2.45) is 4.99 Å². The third kappa shape index (κ3) is 5.66. The van der Waals surface area contributed by atoms with Crippen LogP contribution >= 0.6 is 0 Å². The molecule has 4 rings (SSSR count). The van der Waals surface area contributed by atoms with Gasteiger partial charge in [0.2, 0.25) is 5.91 Å². The summed E-state index contributed by atoms with van der Waals surface area (Å²) in [6.07, 6.45) is 0.380. The minimum atomic E-state index is -0.419. The van der Waals surface area contributed by atoms with E-state index in [1.54, 1.807) is 19.1 Å². The summed E-state index contributed by atoms with van der Waals surface area (Å²) in [7, 11) is 3.38. The van der Waals surface area contributed by atoms with Crippen LogP contribution in [0.3, 0.4) is 0 Å². The van der Waals surface area contributed by atoms with Crippen molar-refractivity contribution in [2.45, 2.75) is 38.5 Å². The number of methoxy groups -OCH3 is 1. The van der Waals surface area contributed by atoms with Crippen molar-refractivity contribution in [1.29, 1.82) is 0 Å². The average molecular weight is 457 g/mol. The average Bonchev–Trinajstić information content (AvgIpc) is 3.30. The van der Waals surface area contributed by atoms with Crippen LogP contribution in [0.25, 0.3) is 11.3 Å². The molecular formula is C24H33FN6O2. The van der Waals surface area contributed by atoms with Gasteiger partial charge in [0.15, 0.2) is 0 Å². The van der Waals surface area contributed by atoms with Crippen molar-refractivity contribution in [3.05, 3.63) is 36.1 Å². The van der Waals surface area contributed by atoms with Gasteiger partial charge in [-0.1, -0.05) is 19.9 Å². The summed E-state index contributed by atoms with van der Waals surface area (Å²) < 4.78 is 20.0. The van der Waals surface area contributed by atoms with Crippen LogP contribution in [0.1, 0.15) is 20.3 Å². The Balaban J connectivity index is 0.00000149. The number of fused-ring (bicyclic) bond motifs is 6. The summed E-state index contributed by atoms with van der Waals surface area (Å²) in [5, 5.41) is 10.0. The molecule has 1 amide bonds. The molecular weight excluding hydrogens is 423 g/mol. The predicted molar refractivity (Wildman–Crippen MR) is 131 cm³/mol. The van der Waals surface area contributed by atoms with Crippen LogP contribution in [0.5, 0.6) is 0 Å². The second-order valence-electron chi connectivity index (χ2n) is 7.91. The van der Waals surface area contributed by atoms with Gasteiger partial charge in [-0.25, -0.2) is 9.37 Å². The normalized spacial score (nSPS) is 22.5. The number of rotatable bonds is 2. The largest absolute Gasteiger partial charge is 0.380 e. The van der Waals surface area contributed by atoms with E-state index in [0.717, 1.165) is 0 Å². The maximum atomic E-state index is 14.4. The molecule has 3 unspecified atom stereocenters. The van der Waals surface area contributed by atoms with Crippen molar-refractivity contribution < 1.29 is 13.9 Å². The molecule has 3 heterocycles. The summed E-state index contributed by atoms with van der Waals surface area (Å²) in [4.78, 5) is 23.3. The molecule has 9 heteroatoms. The summed E-state index contributed by atoms with van der Waals surface area (Å²) in [6.45, 7) is 9.05. The molecule has 3 N–H and O–H groups in total. The van der Waals surface area contributed by atoms with Crippen LogP contribution in [0.2, 0.25) is 0 Å². The first-order valence-corrected chi connectivity index (χ1v) is 11.3. The number of hydrogen-bond acceptors (Lipinski definition) is 7. The van der Waals surface area contributed by atoms with E-state index in [4.69, 9.17) is 9.72 Å². The fourth-order valence-electron chi connectivity index (χ4n) is 4.11. The SMILES string of the molecule is C=Nc1cc(F)cc2c1NCC(OC)CN(C)C(=O)C1CC(CN1)Nc1cccc-2n1.CC. The number of ether oxygens (including phenoxy) is 1. The lowest BCUT2D eigenvalue weighted by molar-refractivity contribution is -0.133. The van der Waals surface area contributed by atoms with Crippen LogP contribution in [0.4, 0.5) is 21.6 Å². The van der Waals surface area contributed by atoms with E-state index >= 15 is 0 Å². The molecule has 0 radical (unpaired) electrons. The van der Waals surface area contributed by atoms with Gasteiger partial charge in [0.05, 0.1) is 29.2 Å². The second-order valence-corrected chi connectivity index (χ2v) is 7.91. The van der Waals surface area contributed by atoms with E-state index in [0.29, 0.717) is 54.5 Å². The maximum Gasteiger partial charge on any atom is 0.239 e. The number of aromatic nitrogens is 1. The van der Waals surface area contributed by atoms with Crippen LogP contribution in [-0.2, 0) is 9.53 Å². The number of nitrogens with zero attached hydrogens (tertiary/aromatic N) is 3. The molecule has 178 valence electrons. The molecule has 4 bridgehead atoms. The van der Waals surface area contributed by atoms with Crippen molar-refractivity contribution in [2.75, 3.05) is 44.4 Å². The van der Waals surface area contributed by atoms with Crippen LogP contribution in [0.15, 0.2) is 35.3 Å². The zero-order valence-corrected chi connectivity index (χ0v) is 19.7. The molecule has 2 aliphatic heterocycles. The molecule has 0 saturated carbocycles. The number of pyridine rings is 1. The van der Waals surface area contributed by atoms with E-state index in [1.807, 2.05) is 32.0 Å². The fourth-order valence-corrected chi connectivity index (χ4v) is 4.11. The Bertz CT molecular complexity index is 985. The highest BCUT2D eigenvalue weighted by Gasteiger charge is 2.32. The summed E-state index contributed by atoms with van der Waals surface area (Å²) >= 11 is 0. The summed E-state index contributed by atoms with van der Waals surface area (Å²) in [5.74, 6) is 0.273. The van der Waals surface area contributed by atoms with E-state index in [2.05, 4.69) is 27.7 Å². The van der Waals surface area contributed by atoms with Gasteiger partial charge in [0, 0.05) is 51.5 Å². The Labute approximate surface area is 194 Å². The molecule has 2 aliphatic rings. The molecule has 3 atom stereocenters. The van der Waals surface area contributed by atoms with Crippen molar-refractivity contribution in [3.8, 4) is 11.3 Å². The molecule has 1 saturated heterocycles. The first-order valence-electron chi connectivity index (χ1n) is 11.3. The molecule has 1 fully saturated rings. The van der Waals surface area contributed by atoms with E-state index in [-0.39, 0.29) is 24.1 Å². The van der Waals surface area contributed by atoms with Crippen LogP contribution in [0, 0.1) is 5.82 Å². The van der Waals surface area contributed by atoms with Gasteiger partial charge in [-0.2, -0.15) is 0 Å². The molecule has 8 nitrogen and oxygen atoms in total. The first kappa shape index (κ1) is 24.6. The fraction of sp³-hybridized carbons (Fsp3) is 0.458. The number of aliphatic imine (C=N–C) groups is 1. The second kappa shape index (κ2) is 11.2. The summed E-state index contributed by atoms with van der Waals surface area (Å²) in [5.41, 5.74) is 2.20. The highest BCUT2D eigenvalue weighted by atomic mass is 19.1. The van der Waals surface area contributed by atoms with Gasteiger partial charge < -0.3 is 25.6 Å². The monoisotopic (exact) mass is 456 g/mol. The molecule has 0 aliphatic carbocycles. The topological polar surface area (TPSA) is 90.9 Å². The quantitative estimate of drug-likeness (QED) is 0.601. The minimum Gasteiger partial charge on any atom is -0.380 e. The number of nitrogens with one attached hydrogen (secondary N) is 3. The number of halogens is 1. The van der Waals surface area contributed by atoms with Gasteiger partial charge >= 0.3 is 0 Å². The third-order valence-corrected chi connectivity index (χ3v) is 5.75. The van der Waals surface area contributed by atoms with Crippen molar-refractivity contribution in [3.63, 3.8) is 0 Å². The van der Waals surface area contributed by atoms with E-state index < -0.39 is 5.82 Å². The Hall–Kier alpha value is -3.04. The maximum absolute atomic E-state index is 14.4. The van der Waals surface area contributed by atoms with Gasteiger partial charge in [0.25, 0.3) is 0 Å². The lowest BCUT2D eigenvalue weighted by Gasteiger charge is -2.26. The predicted octanol–water partition coefficient (Wildman–Crippen LogP) is 3.29. The molecule has 1 aromatic heterocycles. The lowest BCUT2D eigenvalue weighted by atomic mass is 10.1. The number of carbonyl (C=O) groups is 1. The van der Waals surface area contributed by atoms with Crippen molar-refractivity contribution in [1.82, 2.24) is 15.2 Å². The number of anilines is 2. The van der Waals surface area contributed by atoms with E-state index in [9.17, 15) is 9.18 Å². The molecule has 2 aromatic rings. The zero-order valence-electron chi connectivity index (χ0n) is 19.7. The van der Waals surface area contributed by atoms with Crippen LogP contribution < -0.4 is 16.0 Å². The number of amides is 1. The van der Waals surface area contributed by atoms with Gasteiger partial charge in [-0.3, -0.25) is 9.79 Å². The summed E-state index contributed by atoms with van der Waals surface area (Å²) in [6, 6.07) is 8.13. The number of hydrogen-bond donors (Lipinski definition) is 3. The Morgan fingerprint density at radius 1 is 1.27 bits per heavy atom. The smallest absolute Gasteiger partial charge is 0.239 e. The standard InChI is InChI=1S/C22H27FN6O2.C2H6/c1-24-18-8-13(23)7-16-17-5-4-6-20(28-17)27-14-9-19(25-10-14)22(30)29(2)12-15(31-3)11-26-21(16)18;1-2/h4-8,14-15,19,25-26H,1,9-12H2,2-3H3,(H,27,28);1-2H3. The van der Waals surface area contributed by atoms with Gasteiger partial charge in [0.1, 0.15) is 11.6 Å². The molecule has 1 aromatic carbocycles. The lowest BCUT2D eigenvalue weighted by Crippen LogP contribution is -2.46. The molecule has 33 heavy (non-hydrogen) atoms. The van der Waals surface area contributed by atoms with Gasteiger partial charge in [-0.15, -0.1) is 0 Å². The Kier molecular flexibility index (Phi) is 8.35.